The lowest BCUT2D eigenvalue weighted by Gasteiger charge is -2.07. The molecule has 0 unspecified atom stereocenters. The number of carbonyl (C=O) groups is 1. The molecule has 0 aliphatic rings. The van der Waals surface area contributed by atoms with Gasteiger partial charge in [0.2, 0.25) is 0 Å². The second-order valence-corrected chi connectivity index (χ2v) is 5.12. The van der Waals surface area contributed by atoms with Crippen LogP contribution >= 0.6 is 0 Å². The van der Waals surface area contributed by atoms with Gasteiger partial charge in [-0.2, -0.15) is 0 Å². The van der Waals surface area contributed by atoms with Crippen LogP contribution in [0.25, 0.3) is 0 Å². The van der Waals surface area contributed by atoms with Crippen LogP contribution in [0.3, 0.4) is 0 Å². The van der Waals surface area contributed by atoms with E-state index in [-0.39, 0.29) is 5.91 Å². The van der Waals surface area contributed by atoms with Crippen LogP contribution in [0.4, 0.5) is 11.5 Å². The highest BCUT2D eigenvalue weighted by atomic mass is 16.1. The summed E-state index contributed by atoms with van der Waals surface area (Å²) in [6, 6.07) is 23.1. The Kier molecular flexibility index (Phi) is 4.64. The minimum atomic E-state index is -0.149. The van der Waals surface area contributed by atoms with E-state index in [9.17, 15) is 4.79 Å². The number of aromatic amines is 1. The van der Waals surface area contributed by atoms with Gasteiger partial charge in [-0.15, -0.1) is 0 Å². The lowest BCUT2D eigenvalue weighted by molar-refractivity contribution is -0.361. The molecule has 0 spiro atoms. The second-order valence-electron chi connectivity index (χ2n) is 5.12. The van der Waals surface area contributed by atoms with Gasteiger partial charge in [0.05, 0.1) is 6.20 Å². The summed E-state index contributed by atoms with van der Waals surface area (Å²) in [6.07, 6.45) is 1.80. The molecule has 0 radical (unpaired) electrons. The third kappa shape index (κ3) is 3.95. The van der Waals surface area contributed by atoms with Crippen molar-refractivity contribution in [2.75, 3.05) is 10.6 Å². The maximum Gasteiger partial charge on any atom is 0.285 e. The number of anilines is 2. The summed E-state index contributed by atoms with van der Waals surface area (Å²) in [5.74, 6) is 0.549. The Morgan fingerprint density at radius 3 is 2.30 bits per heavy atom. The Labute approximate surface area is 135 Å². The third-order valence-electron chi connectivity index (χ3n) is 3.44. The Morgan fingerprint density at radius 1 is 0.870 bits per heavy atom. The number of benzene rings is 2. The van der Waals surface area contributed by atoms with Gasteiger partial charge >= 0.3 is 0 Å². The third-order valence-corrected chi connectivity index (χ3v) is 3.44. The molecular formula is C19H18N3O+. The van der Waals surface area contributed by atoms with Crippen molar-refractivity contribution in [3.63, 3.8) is 0 Å². The lowest BCUT2D eigenvalue weighted by Crippen LogP contribution is -2.21. The molecule has 23 heavy (non-hydrogen) atoms. The average Bonchev–Trinajstić information content (AvgIpc) is 2.62. The van der Waals surface area contributed by atoms with Crippen molar-refractivity contribution in [1.29, 1.82) is 0 Å². The smallest absolute Gasteiger partial charge is 0.285 e. The highest BCUT2D eigenvalue weighted by molar-refractivity contribution is 6.06. The number of nitrogens with one attached hydrogen (secondary N) is 3. The maximum atomic E-state index is 12.5. The first-order valence-electron chi connectivity index (χ1n) is 7.48. The molecule has 1 aromatic heterocycles. The quantitative estimate of drug-likeness (QED) is 0.759. The van der Waals surface area contributed by atoms with E-state index in [0.29, 0.717) is 17.9 Å². The van der Waals surface area contributed by atoms with Crippen molar-refractivity contribution in [1.82, 2.24) is 0 Å². The summed E-state index contributed by atoms with van der Waals surface area (Å²) in [5, 5.41) is 6.18. The van der Waals surface area contributed by atoms with E-state index in [1.165, 1.54) is 0 Å². The van der Waals surface area contributed by atoms with E-state index in [1.807, 2.05) is 66.7 Å². The molecule has 3 N–H and O–H groups in total. The Morgan fingerprint density at radius 2 is 1.57 bits per heavy atom. The van der Waals surface area contributed by atoms with Gasteiger partial charge in [-0.25, -0.2) is 4.98 Å². The van der Waals surface area contributed by atoms with Crippen molar-refractivity contribution < 1.29 is 9.78 Å². The van der Waals surface area contributed by atoms with E-state index in [4.69, 9.17) is 0 Å². The number of rotatable bonds is 5. The van der Waals surface area contributed by atoms with Crippen LogP contribution in [0.2, 0.25) is 0 Å². The molecule has 0 aliphatic carbocycles. The second kappa shape index (κ2) is 7.22. The first-order chi connectivity index (χ1) is 11.3. The number of amides is 1. The van der Waals surface area contributed by atoms with Crippen molar-refractivity contribution >= 4 is 17.4 Å². The monoisotopic (exact) mass is 304 g/mol. The normalized spacial score (nSPS) is 10.1. The molecule has 3 aromatic rings. The molecular weight excluding hydrogens is 286 g/mol. The van der Waals surface area contributed by atoms with Gasteiger partial charge in [-0.3, -0.25) is 10.1 Å². The predicted molar refractivity (Wildman–Crippen MR) is 91.2 cm³/mol. The number of aromatic nitrogens is 1. The first kappa shape index (κ1) is 14.8. The fraction of sp³-hybridized carbons (Fsp3) is 0.0526. The van der Waals surface area contributed by atoms with Gasteiger partial charge in [0, 0.05) is 5.69 Å². The molecule has 1 heterocycles. The minimum Gasteiger partial charge on any atom is -0.322 e. The zero-order valence-corrected chi connectivity index (χ0v) is 12.6. The number of pyridine rings is 1. The Hall–Kier alpha value is -3.14. The molecule has 0 saturated carbocycles. The van der Waals surface area contributed by atoms with E-state index in [1.54, 1.807) is 12.3 Å². The topological polar surface area (TPSA) is 55.3 Å². The van der Waals surface area contributed by atoms with Gasteiger partial charge in [0.1, 0.15) is 12.1 Å². The molecule has 0 atom stereocenters. The van der Waals surface area contributed by atoms with E-state index in [2.05, 4.69) is 15.6 Å². The summed E-state index contributed by atoms with van der Waals surface area (Å²) in [6.45, 7) is 0.646. The molecule has 0 saturated heterocycles. The lowest BCUT2D eigenvalue weighted by atomic mass is 10.2. The standard InChI is InChI=1S/C19H17N3O/c23-19(22-16-10-5-2-6-11-16)17-12-7-13-20-18(17)21-14-15-8-3-1-4-9-15/h1-13H,14H2,(H,20,21)(H,22,23)/p+1. The van der Waals surface area contributed by atoms with Gasteiger partial charge in [-0.05, 0) is 29.8 Å². The first-order valence-corrected chi connectivity index (χ1v) is 7.48. The van der Waals surface area contributed by atoms with Crippen LogP contribution in [-0.2, 0) is 6.54 Å². The molecule has 2 aromatic carbocycles. The van der Waals surface area contributed by atoms with E-state index >= 15 is 0 Å². The number of hydrogen-bond acceptors (Lipinski definition) is 2. The van der Waals surface area contributed by atoms with Crippen LogP contribution in [0.5, 0.6) is 0 Å². The fourth-order valence-corrected chi connectivity index (χ4v) is 2.28. The van der Waals surface area contributed by atoms with Gasteiger partial charge in [0.25, 0.3) is 11.7 Å². The highest BCUT2D eigenvalue weighted by Crippen LogP contribution is 2.13. The van der Waals surface area contributed by atoms with Crippen LogP contribution in [0.15, 0.2) is 79.0 Å². The van der Waals surface area contributed by atoms with Crippen LogP contribution in [-0.4, -0.2) is 5.91 Å². The van der Waals surface area contributed by atoms with E-state index < -0.39 is 0 Å². The van der Waals surface area contributed by atoms with Crippen molar-refractivity contribution in [3.8, 4) is 0 Å². The molecule has 0 bridgehead atoms. The van der Waals surface area contributed by atoms with Gasteiger partial charge in [-0.1, -0.05) is 48.5 Å². The summed E-state index contributed by atoms with van der Waals surface area (Å²) in [5.41, 5.74) is 2.50. The Balaban J connectivity index is 1.73. The zero-order chi connectivity index (χ0) is 15.9. The number of hydrogen-bond donors (Lipinski definition) is 2. The zero-order valence-electron chi connectivity index (χ0n) is 12.6. The SMILES string of the molecule is O=C(Nc1ccccc1)c1ccc[nH+]c1NCc1ccccc1. The minimum absolute atomic E-state index is 0.149. The Bertz CT molecular complexity index is 773. The van der Waals surface area contributed by atoms with Gasteiger partial charge in [0.15, 0.2) is 0 Å². The summed E-state index contributed by atoms with van der Waals surface area (Å²) >= 11 is 0. The predicted octanol–water partition coefficient (Wildman–Crippen LogP) is 3.37. The van der Waals surface area contributed by atoms with Crippen molar-refractivity contribution in [2.45, 2.75) is 6.54 Å². The molecule has 0 aliphatic heterocycles. The molecule has 4 nitrogen and oxygen atoms in total. The van der Waals surface area contributed by atoms with E-state index in [0.717, 1.165) is 11.3 Å². The molecule has 0 fully saturated rings. The number of carbonyl (C=O) groups excluding carboxylic acids is 1. The molecule has 114 valence electrons. The average molecular weight is 304 g/mol. The summed E-state index contributed by atoms with van der Waals surface area (Å²) in [7, 11) is 0. The molecule has 1 amide bonds. The summed E-state index contributed by atoms with van der Waals surface area (Å²) in [4.78, 5) is 15.6. The van der Waals surface area contributed by atoms with Crippen molar-refractivity contribution in [2.24, 2.45) is 0 Å². The van der Waals surface area contributed by atoms with Crippen LogP contribution in [0.1, 0.15) is 15.9 Å². The van der Waals surface area contributed by atoms with Crippen LogP contribution < -0.4 is 15.6 Å². The largest absolute Gasteiger partial charge is 0.322 e. The fourth-order valence-electron chi connectivity index (χ4n) is 2.28. The maximum absolute atomic E-state index is 12.5. The van der Waals surface area contributed by atoms with Crippen LogP contribution in [0, 0.1) is 0 Å². The van der Waals surface area contributed by atoms with Crippen molar-refractivity contribution in [3.05, 3.63) is 90.1 Å². The molecule has 3 rings (SSSR count). The number of para-hydroxylation sites is 1. The number of H-pyrrole nitrogens is 1. The molecule has 4 heteroatoms. The summed E-state index contributed by atoms with van der Waals surface area (Å²) < 4.78 is 0. The van der Waals surface area contributed by atoms with Gasteiger partial charge < -0.3 is 5.32 Å². The highest BCUT2D eigenvalue weighted by Gasteiger charge is 2.16.